The van der Waals surface area contributed by atoms with E-state index in [1.807, 2.05) is 0 Å². The Kier molecular flexibility index (Phi) is 3.02. The molecule has 1 unspecified atom stereocenters. The number of halogens is 2. The first-order valence-electron chi connectivity index (χ1n) is 6.15. The van der Waals surface area contributed by atoms with Gasteiger partial charge in [0, 0.05) is 6.07 Å². The molecule has 100 valence electrons. The molecule has 1 aliphatic rings. The molecule has 0 aliphatic heterocycles. The van der Waals surface area contributed by atoms with E-state index in [0.717, 1.165) is 18.9 Å². The maximum absolute atomic E-state index is 13.5. The van der Waals surface area contributed by atoms with Crippen molar-refractivity contribution in [2.75, 3.05) is 0 Å². The standard InChI is InChI=1S/C13H13F2N3O/c14-9-4-3-8(10(15)6-9)5-11-17-13(18-19-11)12(16)7-1-2-7/h3-4,6-7,12H,1-2,5,16H2. The van der Waals surface area contributed by atoms with E-state index < -0.39 is 11.6 Å². The van der Waals surface area contributed by atoms with Crippen molar-refractivity contribution in [3.05, 3.63) is 47.1 Å². The van der Waals surface area contributed by atoms with Gasteiger partial charge in [0.1, 0.15) is 11.6 Å². The second kappa shape index (κ2) is 4.70. The van der Waals surface area contributed by atoms with Crippen molar-refractivity contribution in [2.45, 2.75) is 25.3 Å². The first-order chi connectivity index (χ1) is 9.13. The van der Waals surface area contributed by atoms with Gasteiger partial charge in [-0.2, -0.15) is 4.98 Å². The molecule has 2 N–H and O–H groups in total. The summed E-state index contributed by atoms with van der Waals surface area (Å²) in [6.07, 6.45) is 2.30. The number of hydrogen-bond acceptors (Lipinski definition) is 4. The number of aromatic nitrogens is 2. The van der Waals surface area contributed by atoms with E-state index in [0.29, 0.717) is 17.3 Å². The third-order valence-electron chi connectivity index (χ3n) is 3.27. The summed E-state index contributed by atoms with van der Waals surface area (Å²) in [6.45, 7) is 0. The molecule has 1 atom stereocenters. The van der Waals surface area contributed by atoms with Crippen LogP contribution in [-0.2, 0) is 6.42 Å². The van der Waals surface area contributed by atoms with Gasteiger partial charge in [0.05, 0.1) is 12.5 Å². The van der Waals surface area contributed by atoms with Crippen molar-refractivity contribution in [3.63, 3.8) is 0 Å². The summed E-state index contributed by atoms with van der Waals surface area (Å²) in [7, 11) is 0. The maximum atomic E-state index is 13.5. The molecule has 0 saturated heterocycles. The molecular formula is C13H13F2N3O. The van der Waals surface area contributed by atoms with Crippen LogP contribution in [0, 0.1) is 17.6 Å². The Balaban J connectivity index is 1.76. The van der Waals surface area contributed by atoms with E-state index in [2.05, 4.69) is 10.1 Å². The van der Waals surface area contributed by atoms with Crippen LogP contribution in [0.15, 0.2) is 22.7 Å². The molecule has 1 heterocycles. The lowest BCUT2D eigenvalue weighted by Gasteiger charge is -2.02. The minimum Gasteiger partial charge on any atom is -0.339 e. The molecule has 1 saturated carbocycles. The summed E-state index contributed by atoms with van der Waals surface area (Å²) in [5.74, 6) is -0.0564. The van der Waals surface area contributed by atoms with Crippen molar-refractivity contribution < 1.29 is 13.3 Å². The Labute approximate surface area is 108 Å². The molecule has 2 aromatic rings. The lowest BCUT2D eigenvalue weighted by molar-refractivity contribution is 0.372. The van der Waals surface area contributed by atoms with Crippen LogP contribution in [0.3, 0.4) is 0 Å². The van der Waals surface area contributed by atoms with Gasteiger partial charge in [0.15, 0.2) is 5.82 Å². The highest BCUT2D eigenvalue weighted by molar-refractivity contribution is 5.21. The molecule has 1 aliphatic carbocycles. The molecule has 1 aromatic heterocycles. The van der Waals surface area contributed by atoms with Gasteiger partial charge in [-0.25, -0.2) is 8.78 Å². The lowest BCUT2D eigenvalue weighted by atomic mass is 10.1. The molecule has 3 rings (SSSR count). The molecule has 0 bridgehead atoms. The Morgan fingerprint density at radius 2 is 2.16 bits per heavy atom. The third kappa shape index (κ3) is 2.63. The normalized spacial score (nSPS) is 16.6. The van der Waals surface area contributed by atoms with Crippen molar-refractivity contribution in [1.29, 1.82) is 0 Å². The van der Waals surface area contributed by atoms with Crippen LogP contribution in [0.25, 0.3) is 0 Å². The average molecular weight is 265 g/mol. The zero-order chi connectivity index (χ0) is 13.4. The van der Waals surface area contributed by atoms with Crippen LogP contribution in [0.5, 0.6) is 0 Å². The molecule has 0 spiro atoms. The van der Waals surface area contributed by atoms with Gasteiger partial charge in [-0.15, -0.1) is 0 Å². The van der Waals surface area contributed by atoms with Gasteiger partial charge in [0.2, 0.25) is 5.89 Å². The van der Waals surface area contributed by atoms with Crippen molar-refractivity contribution in [3.8, 4) is 0 Å². The fraction of sp³-hybridized carbons (Fsp3) is 0.385. The lowest BCUT2D eigenvalue weighted by Crippen LogP contribution is -2.14. The van der Waals surface area contributed by atoms with Gasteiger partial charge in [0.25, 0.3) is 0 Å². The van der Waals surface area contributed by atoms with Crippen molar-refractivity contribution in [1.82, 2.24) is 10.1 Å². The van der Waals surface area contributed by atoms with Crippen LogP contribution in [0.2, 0.25) is 0 Å². The van der Waals surface area contributed by atoms with Crippen molar-refractivity contribution in [2.24, 2.45) is 11.7 Å². The van der Waals surface area contributed by atoms with Gasteiger partial charge in [-0.3, -0.25) is 0 Å². The number of benzene rings is 1. The highest BCUT2D eigenvalue weighted by Crippen LogP contribution is 2.38. The van der Waals surface area contributed by atoms with Crippen LogP contribution in [0.4, 0.5) is 8.78 Å². The monoisotopic (exact) mass is 265 g/mol. The van der Waals surface area contributed by atoms with Gasteiger partial charge < -0.3 is 10.3 Å². The smallest absolute Gasteiger partial charge is 0.231 e. The molecule has 0 radical (unpaired) electrons. The minimum absolute atomic E-state index is 0.135. The van der Waals surface area contributed by atoms with Gasteiger partial charge in [-0.05, 0) is 30.4 Å². The molecule has 4 nitrogen and oxygen atoms in total. The minimum atomic E-state index is -0.619. The number of nitrogens with two attached hydrogens (primary N) is 1. The number of hydrogen-bond donors (Lipinski definition) is 1. The number of nitrogens with zero attached hydrogens (tertiary/aromatic N) is 2. The molecule has 1 aromatic carbocycles. The Morgan fingerprint density at radius 1 is 1.37 bits per heavy atom. The number of rotatable bonds is 4. The first-order valence-corrected chi connectivity index (χ1v) is 6.15. The third-order valence-corrected chi connectivity index (χ3v) is 3.27. The summed E-state index contributed by atoms with van der Waals surface area (Å²) in [4.78, 5) is 4.17. The predicted octanol–water partition coefficient (Wildman–Crippen LogP) is 2.35. The van der Waals surface area contributed by atoms with Crippen LogP contribution >= 0.6 is 0 Å². The van der Waals surface area contributed by atoms with Gasteiger partial charge in [-0.1, -0.05) is 11.2 Å². The highest BCUT2D eigenvalue weighted by atomic mass is 19.1. The quantitative estimate of drug-likeness (QED) is 0.921. The van der Waals surface area contributed by atoms with E-state index in [1.165, 1.54) is 12.1 Å². The van der Waals surface area contributed by atoms with Gasteiger partial charge >= 0.3 is 0 Å². The second-order valence-electron chi connectivity index (χ2n) is 4.82. The van der Waals surface area contributed by atoms with Crippen molar-refractivity contribution >= 4 is 0 Å². The van der Waals surface area contributed by atoms with Crippen LogP contribution in [0.1, 0.15) is 36.2 Å². The molecule has 19 heavy (non-hydrogen) atoms. The molecule has 1 fully saturated rings. The summed E-state index contributed by atoms with van der Waals surface area (Å²) in [5.41, 5.74) is 6.26. The first kappa shape index (κ1) is 12.2. The Morgan fingerprint density at radius 3 is 2.84 bits per heavy atom. The molecule has 6 heteroatoms. The maximum Gasteiger partial charge on any atom is 0.231 e. The molecular weight excluding hydrogens is 252 g/mol. The van der Waals surface area contributed by atoms with E-state index in [4.69, 9.17) is 10.3 Å². The summed E-state index contributed by atoms with van der Waals surface area (Å²) >= 11 is 0. The topological polar surface area (TPSA) is 64.9 Å². The van der Waals surface area contributed by atoms with Crippen LogP contribution < -0.4 is 5.73 Å². The summed E-state index contributed by atoms with van der Waals surface area (Å²) < 4.78 is 31.3. The fourth-order valence-electron chi connectivity index (χ4n) is 1.97. The Hall–Kier alpha value is -1.82. The zero-order valence-electron chi connectivity index (χ0n) is 10.1. The zero-order valence-corrected chi connectivity index (χ0v) is 10.1. The second-order valence-corrected chi connectivity index (χ2v) is 4.82. The van der Waals surface area contributed by atoms with E-state index in [1.54, 1.807) is 0 Å². The predicted molar refractivity (Wildman–Crippen MR) is 63.1 cm³/mol. The highest BCUT2D eigenvalue weighted by Gasteiger charge is 2.32. The SMILES string of the molecule is NC(c1noc(Cc2ccc(F)cc2F)n1)C1CC1. The largest absolute Gasteiger partial charge is 0.339 e. The van der Waals surface area contributed by atoms with Crippen LogP contribution in [-0.4, -0.2) is 10.1 Å². The Bertz CT molecular complexity index is 595. The summed E-state index contributed by atoms with van der Waals surface area (Å²) in [5, 5.41) is 3.81. The average Bonchev–Trinajstić information content (AvgIpc) is 3.12. The van der Waals surface area contributed by atoms with E-state index >= 15 is 0 Å². The fourth-order valence-corrected chi connectivity index (χ4v) is 1.97. The van der Waals surface area contributed by atoms with E-state index in [-0.39, 0.29) is 18.4 Å². The summed E-state index contributed by atoms with van der Waals surface area (Å²) in [6, 6.07) is 3.19. The molecule has 0 amide bonds. The van der Waals surface area contributed by atoms with E-state index in [9.17, 15) is 8.78 Å².